The molecule has 3 aromatic rings. The van der Waals surface area contributed by atoms with Crippen molar-refractivity contribution in [1.82, 2.24) is 19.2 Å². The zero-order valence-electron chi connectivity index (χ0n) is 20.7. The summed E-state index contributed by atoms with van der Waals surface area (Å²) in [5, 5.41) is 22.4. The van der Waals surface area contributed by atoms with Gasteiger partial charge in [-0.25, -0.2) is 9.37 Å². The number of aliphatic hydroxyl groups excluding tert-OH is 1. The van der Waals surface area contributed by atoms with Crippen LogP contribution in [0.4, 0.5) is 10.1 Å². The Bertz CT molecular complexity index is 1180. The Labute approximate surface area is 211 Å². The molecule has 0 radical (unpaired) electrons. The van der Waals surface area contributed by atoms with Gasteiger partial charge in [0.2, 0.25) is 0 Å². The average Bonchev–Trinajstić information content (AvgIpc) is 3.12. The van der Waals surface area contributed by atoms with E-state index >= 15 is 0 Å². The summed E-state index contributed by atoms with van der Waals surface area (Å²) in [4.78, 5) is 8.89. The van der Waals surface area contributed by atoms with Crippen molar-refractivity contribution < 1.29 is 19.6 Å². The number of morpholine rings is 1. The second-order valence-corrected chi connectivity index (χ2v) is 9.71. The Morgan fingerprint density at radius 1 is 1.08 bits per heavy atom. The van der Waals surface area contributed by atoms with Crippen LogP contribution in [-0.4, -0.2) is 82.5 Å². The zero-order chi connectivity index (χ0) is 24.9. The highest BCUT2D eigenvalue weighted by atomic mass is 19.1. The molecule has 4 N–H and O–H groups in total. The van der Waals surface area contributed by atoms with Gasteiger partial charge in [0, 0.05) is 50.6 Å². The summed E-state index contributed by atoms with van der Waals surface area (Å²) < 4.78 is 21.0. The molecule has 2 aromatic heterocycles. The first-order chi connectivity index (χ1) is 17.6. The third-order valence-corrected chi connectivity index (χ3v) is 7.27. The molecular formula is C27H36FN6O2+. The van der Waals surface area contributed by atoms with Gasteiger partial charge in [0.1, 0.15) is 23.4 Å². The van der Waals surface area contributed by atoms with E-state index in [9.17, 15) is 9.50 Å². The molecule has 8 nitrogen and oxygen atoms in total. The van der Waals surface area contributed by atoms with Gasteiger partial charge in [-0.05, 0) is 31.0 Å². The number of fused-ring (bicyclic) bond motifs is 1. The van der Waals surface area contributed by atoms with Gasteiger partial charge in [0.05, 0.1) is 42.9 Å². The fourth-order valence-corrected chi connectivity index (χ4v) is 5.19. The minimum atomic E-state index is -0.664. The van der Waals surface area contributed by atoms with Crippen LogP contribution in [0.3, 0.4) is 0 Å². The van der Waals surface area contributed by atoms with Crippen molar-refractivity contribution in [2.45, 2.75) is 31.9 Å². The molecular weight excluding hydrogens is 459 g/mol. The number of hydrogen-bond donors (Lipinski definition) is 3. The molecule has 2 saturated heterocycles. The number of aliphatic hydroxyl groups is 1. The number of imidazole rings is 1. The lowest BCUT2D eigenvalue weighted by Crippen LogP contribution is -2.80. The molecule has 5 rings (SSSR count). The molecule has 192 valence electrons. The first-order valence-corrected chi connectivity index (χ1v) is 13.0. The second-order valence-electron chi connectivity index (χ2n) is 9.71. The number of nitrogens with zero attached hydrogens (tertiary/aromatic N) is 4. The summed E-state index contributed by atoms with van der Waals surface area (Å²) in [5.41, 5.74) is 3.91. The highest BCUT2D eigenvalue weighted by Gasteiger charge is 2.23. The van der Waals surface area contributed by atoms with Crippen molar-refractivity contribution in [3.05, 3.63) is 65.4 Å². The second kappa shape index (κ2) is 11.6. The molecule has 1 atom stereocenters. The van der Waals surface area contributed by atoms with Gasteiger partial charge in [-0.3, -0.25) is 19.6 Å². The molecule has 1 unspecified atom stereocenters. The fraction of sp³-hybridized carbons (Fsp3) is 0.481. The van der Waals surface area contributed by atoms with E-state index < -0.39 is 6.23 Å². The van der Waals surface area contributed by atoms with Crippen LogP contribution < -0.4 is 5.32 Å². The summed E-state index contributed by atoms with van der Waals surface area (Å²) in [6.07, 6.45) is 6.94. The minimum absolute atomic E-state index is 0.279. The van der Waals surface area contributed by atoms with Gasteiger partial charge in [-0.15, -0.1) is 0 Å². The highest BCUT2D eigenvalue weighted by Crippen LogP contribution is 2.26. The molecule has 0 spiro atoms. The Morgan fingerprint density at radius 3 is 2.64 bits per heavy atom. The summed E-state index contributed by atoms with van der Waals surface area (Å²) in [6.45, 7) is 6.90. The van der Waals surface area contributed by atoms with Crippen LogP contribution in [0.2, 0.25) is 0 Å². The van der Waals surface area contributed by atoms with Gasteiger partial charge in [-0.2, -0.15) is 0 Å². The van der Waals surface area contributed by atoms with E-state index in [1.807, 2.05) is 18.2 Å². The molecule has 0 saturated carbocycles. The summed E-state index contributed by atoms with van der Waals surface area (Å²) >= 11 is 0. The Morgan fingerprint density at radius 2 is 1.86 bits per heavy atom. The first kappa shape index (κ1) is 25.0. The van der Waals surface area contributed by atoms with Crippen molar-refractivity contribution >= 4 is 17.0 Å². The number of rotatable bonds is 8. The molecule has 2 aliphatic heterocycles. The molecule has 2 aliphatic rings. The van der Waals surface area contributed by atoms with Crippen LogP contribution in [0.25, 0.3) is 5.65 Å². The number of hydrogen-bond acceptors (Lipinski definition) is 6. The number of halogens is 1. The van der Waals surface area contributed by atoms with Crippen molar-refractivity contribution in [2.24, 2.45) is 0 Å². The number of benzene rings is 1. The van der Waals surface area contributed by atoms with Gasteiger partial charge in [0.15, 0.2) is 0 Å². The van der Waals surface area contributed by atoms with Crippen LogP contribution in [0.1, 0.15) is 48.7 Å². The smallest absolute Gasteiger partial charge is 0.139 e. The van der Waals surface area contributed by atoms with E-state index in [1.54, 1.807) is 16.7 Å². The first-order valence-electron chi connectivity index (χ1n) is 13.0. The monoisotopic (exact) mass is 495 g/mol. The van der Waals surface area contributed by atoms with E-state index in [0.29, 0.717) is 11.3 Å². The number of ether oxygens (including phenoxy) is 1. The SMILES string of the molecule is N=C(c1ccc(C(O)N2CCCCCC2)cc1[NH2+]CCN1CCOCC1)c1cnc2ccc(F)cn12. The number of quaternary nitrogens is 1. The largest absolute Gasteiger partial charge is 0.379 e. The number of likely N-dealkylation sites (tertiary alicyclic amines) is 1. The quantitative estimate of drug-likeness (QED) is 0.329. The van der Waals surface area contributed by atoms with Crippen LogP contribution in [0.15, 0.2) is 42.7 Å². The molecule has 0 amide bonds. The molecule has 1 aromatic carbocycles. The average molecular weight is 496 g/mol. The molecule has 2 fully saturated rings. The van der Waals surface area contributed by atoms with Crippen molar-refractivity contribution in [3.8, 4) is 0 Å². The minimum Gasteiger partial charge on any atom is -0.379 e. The molecule has 9 heteroatoms. The summed E-state index contributed by atoms with van der Waals surface area (Å²) in [6, 6.07) is 8.84. The lowest BCUT2D eigenvalue weighted by atomic mass is 10.0. The van der Waals surface area contributed by atoms with Crippen LogP contribution in [0.5, 0.6) is 0 Å². The Kier molecular flexibility index (Phi) is 8.03. The maximum Gasteiger partial charge on any atom is 0.139 e. The molecule has 4 heterocycles. The van der Waals surface area contributed by atoms with Gasteiger partial charge in [-0.1, -0.05) is 18.9 Å². The van der Waals surface area contributed by atoms with E-state index in [2.05, 4.69) is 20.1 Å². The lowest BCUT2D eigenvalue weighted by Gasteiger charge is -2.27. The van der Waals surface area contributed by atoms with Crippen LogP contribution >= 0.6 is 0 Å². The van der Waals surface area contributed by atoms with Crippen LogP contribution in [0, 0.1) is 11.2 Å². The summed E-state index contributed by atoms with van der Waals surface area (Å²) in [7, 11) is 0. The number of nitrogens with one attached hydrogen (secondary N) is 1. The maximum atomic E-state index is 14.0. The maximum absolute atomic E-state index is 14.0. The van der Waals surface area contributed by atoms with E-state index in [-0.39, 0.29) is 11.5 Å². The Hall–Kier alpha value is -2.69. The molecule has 0 aliphatic carbocycles. The van der Waals surface area contributed by atoms with Gasteiger partial charge < -0.3 is 15.2 Å². The zero-order valence-corrected chi connectivity index (χ0v) is 20.7. The van der Waals surface area contributed by atoms with Crippen molar-refractivity contribution in [1.29, 1.82) is 5.41 Å². The van der Waals surface area contributed by atoms with E-state index in [0.717, 1.165) is 82.1 Å². The van der Waals surface area contributed by atoms with Crippen LogP contribution in [-0.2, 0) is 4.74 Å². The topological polar surface area (TPSA) is 93.7 Å². The predicted octanol–water partition coefficient (Wildman–Crippen LogP) is 2.28. The van der Waals surface area contributed by atoms with Gasteiger partial charge in [0.25, 0.3) is 0 Å². The number of aromatic nitrogens is 2. The molecule has 0 bridgehead atoms. The normalized spacial score (nSPS) is 18.8. The number of pyridine rings is 1. The van der Waals surface area contributed by atoms with Crippen molar-refractivity contribution in [3.63, 3.8) is 0 Å². The summed E-state index contributed by atoms with van der Waals surface area (Å²) in [5.74, 6) is -0.372. The standard InChI is InChI=1S/C27H35FN6O2/c28-21-6-8-25-31-18-24(34(25)19-21)26(29)22-7-5-20(27(35)33-10-3-1-2-4-11-33)17-23(22)30-9-12-32-13-15-36-16-14-32/h5-8,17-19,27,29-30,35H,1-4,9-16H2/p+1. The predicted molar refractivity (Wildman–Crippen MR) is 136 cm³/mol. The lowest BCUT2D eigenvalue weighted by molar-refractivity contribution is -0.571. The Balaban J connectivity index is 1.42. The number of nitrogens with two attached hydrogens (primary N) is 1. The highest BCUT2D eigenvalue weighted by molar-refractivity contribution is 6.12. The fourth-order valence-electron chi connectivity index (χ4n) is 5.19. The third-order valence-electron chi connectivity index (χ3n) is 7.27. The third kappa shape index (κ3) is 5.66. The van der Waals surface area contributed by atoms with Crippen molar-refractivity contribution in [2.75, 3.05) is 52.5 Å². The van der Waals surface area contributed by atoms with E-state index in [1.165, 1.54) is 25.1 Å². The van der Waals surface area contributed by atoms with E-state index in [4.69, 9.17) is 10.1 Å². The van der Waals surface area contributed by atoms with Gasteiger partial charge >= 0.3 is 0 Å². The molecule has 36 heavy (non-hydrogen) atoms.